The third-order valence-electron chi connectivity index (χ3n) is 3.21. The number of nitrogens with zero attached hydrogens (tertiary/aromatic N) is 2. The van der Waals surface area contributed by atoms with E-state index < -0.39 is 0 Å². The molecule has 3 N–H and O–H groups in total. The van der Waals surface area contributed by atoms with Gasteiger partial charge in [-0.2, -0.15) is 4.98 Å². The van der Waals surface area contributed by atoms with Crippen LogP contribution in [0.2, 0.25) is 0 Å². The van der Waals surface area contributed by atoms with E-state index >= 15 is 0 Å². The van der Waals surface area contributed by atoms with E-state index in [0.717, 1.165) is 55.1 Å². The largest absolute Gasteiger partial charge is 0.381 e. The molecule has 0 saturated carbocycles. The predicted octanol–water partition coefficient (Wildman–Crippen LogP) is 3.45. The quantitative estimate of drug-likeness (QED) is 0.694. The number of fused-ring (bicyclic) bond motifs is 1. The van der Waals surface area contributed by atoms with Gasteiger partial charge in [-0.3, -0.25) is 0 Å². The maximum Gasteiger partial charge on any atom is 0.223 e. The van der Waals surface area contributed by atoms with Crippen molar-refractivity contribution in [3.8, 4) is 0 Å². The molecule has 2 rings (SSSR count). The van der Waals surface area contributed by atoms with Crippen LogP contribution < -0.4 is 11.1 Å². The Bertz CT molecular complexity index is 570. The second-order valence-electron chi connectivity index (χ2n) is 4.96. The summed E-state index contributed by atoms with van der Waals surface area (Å²) in [6.45, 7) is 6.77. The second-order valence-corrected chi connectivity index (χ2v) is 6.08. The number of hydrogen-bond acceptors (Lipinski definition) is 6. The highest BCUT2D eigenvalue weighted by molar-refractivity contribution is 7.18. The minimum absolute atomic E-state index is 0.327. The maximum absolute atomic E-state index is 5.78. The van der Waals surface area contributed by atoms with Crippen molar-refractivity contribution in [1.82, 2.24) is 9.97 Å². The molecule has 0 radical (unpaired) electrons. The van der Waals surface area contributed by atoms with Crippen molar-refractivity contribution in [3.05, 3.63) is 10.9 Å². The number of aryl methyl sites for hydroxylation is 1. The molecule has 0 spiro atoms. The van der Waals surface area contributed by atoms with Crippen molar-refractivity contribution in [2.24, 2.45) is 0 Å². The second kappa shape index (κ2) is 8.14. The molecule has 0 aliphatic heterocycles. The minimum Gasteiger partial charge on any atom is -0.381 e. The molecule has 0 aliphatic carbocycles. The van der Waals surface area contributed by atoms with Crippen molar-refractivity contribution in [2.45, 2.75) is 39.5 Å². The van der Waals surface area contributed by atoms with E-state index in [2.05, 4.69) is 35.2 Å². The Morgan fingerprint density at radius 1 is 1.24 bits per heavy atom. The van der Waals surface area contributed by atoms with Crippen LogP contribution >= 0.6 is 11.3 Å². The van der Waals surface area contributed by atoms with Crippen molar-refractivity contribution < 1.29 is 4.74 Å². The third-order valence-corrected chi connectivity index (χ3v) is 4.38. The Balaban J connectivity index is 1.90. The fraction of sp³-hybridized carbons (Fsp3) is 0.600. The van der Waals surface area contributed by atoms with E-state index in [1.807, 2.05) is 0 Å². The van der Waals surface area contributed by atoms with Gasteiger partial charge in [0.05, 0.1) is 5.39 Å². The molecule has 116 valence electrons. The number of nitrogen functional groups attached to an aromatic ring is 1. The van der Waals surface area contributed by atoms with Gasteiger partial charge in [0.2, 0.25) is 5.95 Å². The lowest BCUT2D eigenvalue weighted by Crippen LogP contribution is -2.09. The summed E-state index contributed by atoms with van der Waals surface area (Å²) in [5, 5.41) is 4.42. The van der Waals surface area contributed by atoms with Crippen LogP contribution in [0.4, 0.5) is 11.8 Å². The lowest BCUT2D eigenvalue weighted by molar-refractivity contribution is 0.131. The lowest BCUT2D eigenvalue weighted by Gasteiger charge is -2.07. The highest BCUT2D eigenvalue weighted by Gasteiger charge is 2.09. The van der Waals surface area contributed by atoms with Gasteiger partial charge in [0.25, 0.3) is 0 Å². The number of anilines is 2. The van der Waals surface area contributed by atoms with E-state index in [0.29, 0.717) is 5.95 Å². The number of thiophene rings is 1. The monoisotopic (exact) mass is 308 g/mol. The number of aromatic nitrogens is 2. The molecule has 0 saturated heterocycles. The summed E-state index contributed by atoms with van der Waals surface area (Å²) in [7, 11) is 0. The number of hydrogen-bond donors (Lipinski definition) is 2. The summed E-state index contributed by atoms with van der Waals surface area (Å²) in [4.78, 5) is 10.9. The van der Waals surface area contributed by atoms with Crippen LogP contribution in [0.1, 0.15) is 38.0 Å². The standard InChI is InChI=1S/C15H24N4OS/c1-3-5-8-20-9-6-7-17-13-12-10-11(4-2)21-14(12)19-15(16)18-13/h10H,3-9H2,1-2H3,(H3,16,17,18,19). The zero-order chi connectivity index (χ0) is 15.1. The average molecular weight is 308 g/mol. The van der Waals surface area contributed by atoms with Gasteiger partial charge >= 0.3 is 0 Å². The molecule has 0 amide bonds. The Labute approximate surface area is 129 Å². The van der Waals surface area contributed by atoms with Crippen molar-refractivity contribution in [2.75, 3.05) is 30.8 Å². The van der Waals surface area contributed by atoms with Gasteiger partial charge in [0.15, 0.2) is 0 Å². The van der Waals surface area contributed by atoms with Crippen LogP contribution in [0.3, 0.4) is 0 Å². The zero-order valence-electron chi connectivity index (χ0n) is 12.8. The molecular formula is C15H24N4OS. The van der Waals surface area contributed by atoms with Crippen LogP contribution in [0, 0.1) is 0 Å². The first-order valence-corrected chi connectivity index (χ1v) is 8.43. The first-order chi connectivity index (χ1) is 10.2. The first kappa shape index (κ1) is 16.0. The first-order valence-electron chi connectivity index (χ1n) is 7.62. The highest BCUT2D eigenvalue weighted by atomic mass is 32.1. The fourth-order valence-corrected chi connectivity index (χ4v) is 3.00. The summed E-state index contributed by atoms with van der Waals surface area (Å²) in [6.07, 6.45) is 4.27. The molecule has 2 heterocycles. The summed E-state index contributed by atoms with van der Waals surface area (Å²) in [6, 6.07) is 2.15. The SMILES string of the molecule is CCCCOCCCNc1nc(N)nc2sc(CC)cc12. The van der Waals surface area contributed by atoms with Crippen LogP contribution in [0.25, 0.3) is 10.2 Å². The normalized spacial score (nSPS) is 11.1. The smallest absolute Gasteiger partial charge is 0.223 e. The molecule has 0 aromatic carbocycles. The molecule has 5 nitrogen and oxygen atoms in total. The van der Waals surface area contributed by atoms with Crippen molar-refractivity contribution in [1.29, 1.82) is 0 Å². The molecule has 21 heavy (non-hydrogen) atoms. The zero-order valence-corrected chi connectivity index (χ0v) is 13.6. The van der Waals surface area contributed by atoms with Gasteiger partial charge < -0.3 is 15.8 Å². The number of nitrogens with one attached hydrogen (secondary N) is 1. The van der Waals surface area contributed by atoms with Gasteiger partial charge in [-0.25, -0.2) is 4.98 Å². The lowest BCUT2D eigenvalue weighted by atomic mass is 10.3. The van der Waals surface area contributed by atoms with Crippen LogP contribution in [0.15, 0.2) is 6.07 Å². The van der Waals surface area contributed by atoms with Gasteiger partial charge in [0.1, 0.15) is 10.6 Å². The predicted molar refractivity (Wildman–Crippen MR) is 90.0 cm³/mol. The summed E-state index contributed by atoms with van der Waals surface area (Å²) in [5.74, 6) is 1.16. The van der Waals surface area contributed by atoms with Crippen LogP contribution in [-0.4, -0.2) is 29.7 Å². The maximum atomic E-state index is 5.78. The molecule has 2 aromatic rings. The Morgan fingerprint density at radius 3 is 2.81 bits per heavy atom. The topological polar surface area (TPSA) is 73.1 Å². The molecule has 2 aromatic heterocycles. The molecule has 0 bridgehead atoms. The van der Waals surface area contributed by atoms with E-state index in [-0.39, 0.29) is 0 Å². The fourth-order valence-electron chi connectivity index (χ4n) is 2.03. The Kier molecular flexibility index (Phi) is 6.20. The van der Waals surface area contributed by atoms with Crippen LogP contribution in [-0.2, 0) is 11.2 Å². The van der Waals surface area contributed by atoms with E-state index in [1.165, 1.54) is 11.3 Å². The average Bonchev–Trinajstić information content (AvgIpc) is 2.89. The van der Waals surface area contributed by atoms with Gasteiger partial charge in [-0.05, 0) is 25.3 Å². The molecular weight excluding hydrogens is 284 g/mol. The Hall–Kier alpha value is -1.40. The Morgan fingerprint density at radius 2 is 2.05 bits per heavy atom. The van der Waals surface area contributed by atoms with Gasteiger partial charge in [-0.1, -0.05) is 20.3 Å². The minimum atomic E-state index is 0.327. The highest BCUT2D eigenvalue weighted by Crippen LogP contribution is 2.29. The third kappa shape index (κ3) is 4.54. The van der Waals surface area contributed by atoms with E-state index in [1.54, 1.807) is 11.3 Å². The molecule has 0 aliphatic rings. The number of ether oxygens (including phenoxy) is 1. The van der Waals surface area contributed by atoms with Crippen molar-refractivity contribution >= 4 is 33.3 Å². The van der Waals surface area contributed by atoms with E-state index in [4.69, 9.17) is 10.5 Å². The number of unbranched alkanes of at least 4 members (excludes halogenated alkanes) is 1. The number of rotatable bonds is 9. The number of nitrogens with two attached hydrogens (primary N) is 1. The van der Waals surface area contributed by atoms with Gasteiger partial charge in [0, 0.05) is 24.6 Å². The molecule has 0 fully saturated rings. The molecule has 6 heteroatoms. The summed E-state index contributed by atoms with van der Waals surface area (Å²) in [5.41, 5.74) is 5.78. The van der Waals surface area contributed by atoms with E-state index in [9.17, 15) is 0 Å². The van der Waals surface area contributed by atoms with Crippen molar-refractivity contribution in [3.63, 3.8) is 0 Å². The van der Waals surface area contributed by atoms with Gasteiger partial charge in [-0.15, -0.1) is 11.3 Å². The summed E-state index contributed by atoms with van der Waals surface area (Å²) < 4.78 is 5.55. The molecule has 0 atom stereocenters. The molecule has 0 unspecified atom stereocenters. The summed E-state index contributed by atoms with van der Waals surface area (Å²) >= 11 is 1.68. The van der Waals surface area contributed by atoms with Crippen LogP contribution in [0.5, 0.6) is 0 Å².